The Morgan fingerprint density at radius 1 is 1.26 bits per heavy atom. The van der Waals surface area contributed by atoms with Crippen molar-refractivity contribution in [1.82, 2.24) is 5.32 Å². The van der Waals surface area contributed by atoms with Crippen molar-refractivity contribution in [2.24, 2.45) is 0 Å². The number of carbonyl (C=O) groups is 2. The summed E-state index contributed by atoms with van der Waals surface area (Å²) in [6, 6.07) is 6.30. The van der Waals surface area contributed by atoms with E-state index in [1.54, 1.807) is 30.3 Å². The van der Waals surface area contributed by atoms with Gasteiger partial charge in [0.15, 0.2) is 0 Å². The molecule has 0 bridgehead atoms. The molecular formula is C16H13FN2O3S. The van der Waals surface area contributed by atoms with E-state index in [9.17, 15) is 14.0 Å². The average Bonchev–Trinajstić information content (AvgIpc) is 2.93. The van der Waals surface area contributed by atoms with E-state index in [1.807, 2.05) is 0 Å². The van der Waals surface area contributed by atoms with Crippen molar-refractivity contribution in [3.05, 3.63) is 53.1 Å². The van der Waals surface area contributed by atoms with Gasteiger partial charge in [0.1, 0.15) is 11.0 Å². The maximum atomic E-state index is 12.9. The highest BCUT2D eigenvalue weighted by Crippen LogP contribution is 2.28. The molecule has 5 nitrogen and oxygen atoms in total. The molecule has 1 aromatic heterocycles. The highest BCUT2D eigenvalue weighted by atomic mass is 32.1. The van der Waals surface area contributed by atoms with Gasteiger partial charge in [-0.2, -0.15) is 0 Å². The number of thiophene rings is 1. The van der Waals surface area contributed by atoms with E-state index < -0.39 is 18.2 Å². The zero-order valence-electron chi connectivity index (χ0n) is 11.9. The standard InChI is InChI=1S/C16H13FN2O3S/c17-10-1-3-11(4-2-10)18-16(22)19-12-5-6-13-9(7-12)8-14(23-13)15(20)21/h1,3-8,10H,2H2,(H,20,21)(H2,18,19,22). The van der Waals surface area contributed by atoms with Crippen LogP contribution >= 0.6 is 11.3 Å². The molecule has 1 aromatic carbocycles. The summed E-state index contributed by atoms with van der Waals surface area (Å²) in [5.74, 6) is -0.972. The van der Waals surface area contributed by atoms with Gasteiger partial charge in [0.2, 0.25) is 0 Å². The van der Waals surface area contributed by atoms with E-state index in [1.165, 1.54) is 23.5 Å². The number of benzene rings is 1. The zero-order chi connectivity index (χ0) is 16.4. The normalized spacial score (nSPS) is 16.9. The molecule has 1 heterocycles. The van der Waals surface area contributed by atoms with Crippen LogP contribution < -0.4 is 10.6 Å². The molecule has 0 fully saturated rings. The molecule has 3 rings (SSSR count). The maximum Gasteiger partial charge on any atom is 0.345 e. The molecule has 0 saturated heterocycles. The number of allylic oxidation sites excluding steroid dienone is 3. The first-order valence-corrected chi connectivity index (χ1v) is 7.70. The number of rotatable bonds is 3. The van der Waals surface area contributed by atoms with Crippen LogP contribution in [0.1, 0.15) is 16.1 Å². The minimum Gasteiger partial charge on any atom is -0.477 e. The summed E-state index contributed by atoms with van der Waals surface area (Å²) in [7, 11) is 0. The first-order chi connectivity index (χ1) is 11.0. The lowest BCUT2D eigenvalue weighted by molar-refractivity contribution is 0.0702. The second kappa shape index (κ2) is 6.21. The number of alkyl halides is 1. The van der Waals surface area contributed by atoms with E-state index in [4.69, 9.17) is 5.11 Å². The fourth-order valence-corrected chi connectivity index (χ4v) is 3.09. The van der Waals surface area contributed by atoms with Crippen LogP contribution in [0, 0.1) is 0 Å². The Labute approximate surface area is 135 Å². The van der Waals surface area contributed by atoms with Crippen LogP contribution in [0.5, 0.6) is 0 Å². The van der Waals surface area contributed by atoms with Gasteiger partial charge in [-0.1, -0.05) is 6.08 Å². The van der Waals surface area contributed by atoms with Crippen molar-refractivity contribution >= 4 is 39.1 Å². The molecule has 1 atom stereocenters. The number of halogens is 1. The topological polar surface area (TPSA) is 78.4 Å². The second-order valence-corrected chi connectivity index (χ2v) is 6.10. The highest BCUT2D eigenvalue weighted by molar-refractivity contribution is 7.20. The quantitative estimate of drug-likeness (QED) is 0.797. The molecule has 2 amide bonds. The van der Waals surface area contributed by atoms with Gasteiger partial charge in [-0.25, -0.2) is 14.0 Å². The number of urea groups is 1. The lowest BCUT2D eigenvalue weighted by Gasteiger charge is -2.12. The van der Waals surface area contributed by atoms with Gasteiger partial charge < -0.3 is 15.7 Å². The number of nitrogens with one attached hydrogen (secondary N) is 2. The highest BCUT2D eigenvalue weighted by Gasteiger charge is 2.11. The van der Waals surface area contributed by atoms with E-state index in [-0.39, 0.29) is 11.3 Å². The number of fused-ring (bicyclic) bond motifs is 1. The minimum absolute atomic E-state index is 0.241. The van der Waals surface area contributed by atoms with Crippen LogP contribution in [0.3, 0.4) is 0 Å². The molecule has 3 N–H and O–H groups in total. The third-order valence-corrected chi connectivity index (χ3v) is 4.39. The van der Waals surface area contributed by atoms with E-state index in [2.05, 4.69) is 10.6 Å². The van der Waals surface area contributed by atoms with Crippen molar-refractivity contribution in [3.8, 4) is 0 Å². The fourth-order valence-electron chi connectivity index (χ4n) is 2.21. The molecule has 1 unspecified atom stereocenters. The first kappa shape index (κ1) is 15.2. The summed E-state index contributed by atoms with van der Waals surface area (Å²) >= 11 is 1.18. The molecule has 0 spiro atoms. The van der Waals surface area contributed by atoms with Crippen LogP contribution in [0.4, 0.5) is 14.9 Å². The van der Waals surface area contributed by atoms with Crippen LogP contribution in [0.2, 0.25) is 0 Å². The third kappa shape index (κ3) is 3.57. The molecule has 0 saturated carbocycles. The largest absolute Gasteiger partial charge is 0.477 e. The van der Waals surface area contributed by atoms with E-state index in [0.29, 0.717) is 11.4 Å². The lowest BCUT2D eigenvalue weighted by atomic mass is 10.1. The summed E-state index contributed by atoms with van der Waals surface area (Å²) < 4.78 is 13.8. The van der Waals surface area contributed by atoms with Gasteiger partial charge in [0.05, 0.1) is 0 Å². The van der Waals surface area contributed by atoms with Crippen molar-refractivity contribution in [1.29, 1.82) is 0 Å². The molecular weight excluding hydrogens is 319 g/mol. The molecule has 1 aliphatic carbocycles. The number of carboxylic acids is 1. The second-order valence-electron chi connectivity index (χ2n) is 5.02. The van der Waals surface area contributed by atoms with E-state index >= 15 is 0 Å². The SMILES string of the molecule is O=C(NC1=CCC(F)C=C1)Nc1ccc2sc(C(=O)O)cc2c1. The Morgan fingerprint density at radius 2 is 2.09 bits per heavy atom. The molecule has 2 aromatic rings. The summed E-state index contributed by atoms with van der Waals surface area (Å²) in [6.45, 7) is 0. The Balaban J connectivity index is 1.70. The lowest BCUT2D eigenvalue weighted by Crippen LogP contribution is -2.28. The van der Waals surface area contributed by atoms with Crippen molar-refractivity contribution in [2.45, 2.75) is 12.6 Å². The number of amides is 2. The van der Waals surface area contributed by atoms with Gasteiger partial charge >= 0.3 is 12.0 Å². The number of carbonyl (C=O) groups excluding carboxylic acids is 1. The van der Waals surface area contributed by atoms with E-state index in [0.717, 1.165) is 10.1 Å². The molecule has 1 aliphatic rings. The van der Waals surface area contributed by atoms with Gasteiger partial charge in [-0.05, 0) is 41.8 Å². The third-order valence-electron chi connectivity index (χ3n) is 3.29. The Bertz CT molecular complexity index is 841. The number of hydrogen-bond donors (Lipinski definition) is 3. The maximum absolute atomic E-state index is 12.9. The van der Waals surface area contributed by atoms with Gasteiger partial charge in [-0.3, -0.25) is 0 Å². The van der Waals surface area contributed by atoms with Gasteiger partial charge in [0, 0.05) is 22.5 Å². The molecule has 23 heavy (non-hydrogen) atoms. The van der Waals surface area contributed by atoms with Crippen LogP contribution in [0.15, 0.2) is 48.2 Å². The number of aromatic carboxylic acids is 1. The smallest absolute Gasteiger partial charge is 0.345 e. The molecule has 7 heteroatoms. The first-order valence-electron chi connectivity index (χ1n) is 6.88. The van der Waals surface area contributed by atoms with Crippen molar-refractivity contribution < 1.29 is 19.1 Å². The Morgan fingerprint density at radius 3 is 2.78 bits per heavy atom. The van der Waals surface area contributed by atoms with Gasteiger partial charge in [-0.15, -0.1) is 11.3 Å². The molecule has 0 radical (unpaired) electrons. The minimum atomic E-state index is -1.01. The van der Waals surface area contributed by atoms with Crippen LogP contribution in [-0.2, 0) is 0 Å². The summed E-state index contributed by atoms with van der Waals surface area (Å²) in [5.41, 5.74) is 1.09. The Hall–Kier alpha value is -2.67. The Kier molecular flexibility index (Phi) is 4.12. The molecule has 0 aliphatic heterocycles. The van der Waals surface area contributed by atoms with Crippen LogP contribution in [-0.4, -0.2) is 23.3 Å². The number of hydrogen-bond acceptors (Lipinski definition) is 3. The fraction of sp³-hybridized carbons (Fsp3) is 0.125. The molecule has 118 valence electrons. The average molecular weight is 332 g/mol. The van der Waals surface area contributed by atoms with Crippen molar-refractivity contribution in [2.75, 3.05) is 5.32 Å². The van der Waals surface area contributed by atoms with Crippen LogP contribution in [0.25, 0.3) is 10.1 Å². The van der Waals surface area contributed by atoms with Crippen molar-refractivity contribution in [3.63, 3.8) is 0 Å². The number of anilines is 1. The monoisotopic (exact) mass is 332 g/mol. The predicted molar refractivity (Wildman–Crippen MR) is 87.7 cm³/mol. The zero-order valence-corrected chi connectivity index (χ0v) is 12.7. The predicted octanol–water partition coefficient (Wildman–Crippen LogP) is 3.90. The summed E-state index contributed by atoms with van der Waals surface area (Å²) in [4.78, 5) is 23.1. The van der Waals surface area contributed by atoms with Gasteiger partial charge in [0.25, 0.3) is 0 Å². The summed E-state index contributed by atoms with van der Waals surface area (Å²) in [5, 5.41) is 15.0. The summed E-state index contributed by atoms with van der Waals surface area (Å²) in [6.07, 6.45) is 3.76. The number of carboxylic acid groups (broad SMARTS) is 1.